The van der Waals surface area contributed by atoms with Crippen molar-refractivity contribution in [3.8, 4) is 5.75 Å². The zero-order valence-corrected chi connectivity index (χ0v) is 17.8. The number of hydrogen-bond acceptors (Lipinski definition) is 3. The van der Waals surface area contributed by atoms with E-state index in [1.807, 2.05) is 12.2 Å². The van der Waals surface area contributed by atoms with Gasteiger partial charge in [0.15, 0.2) is 0 Å². The summed E-state index contributed by atoms with van der Waals surface area (Å²) in [5.74, 6) is 0.653. The van der Waals surface area contributed by atoms with E-state index in [4.69, 9.17) is 0 Å². The van der Waals surface area contributed by atoms with Crippen LogP contribution in [0.25, 0.3) is 11.4 Å². The Hall–Kier alpha value is -0.0405. The van der Waals surface area contributed by atoms with Crippen molar-refractivity contribution in [1.29, 1.82) is 0 Å². The molecule has 2 heterocycles. The molecular weight excluding hydrogens is 500 g/mol. The molecule has 2 N–H and O–H groups in total. The third-order valence-corrected chi connectivity index (χ3v) is 6.73. The summed E-state index contributed by atoms with van der Waals surface area (Å²) in [5.41, 5.74) is 1.65. The van der Waals surface area contributed by atoms with Crippen LogP contribution in [0.1, 0.15) is 31.2 Å². The molecule has 1 aromatic carbocycles. The summed E-state index contributed by atoms with van der Waals surface area (Å²) >= 11 is 7.07. The molecule has 7 heteroatoms. The minimum Gasteiger partial charge on any atom is -0.871 e. The van der Waals surface area contributed by atoms with Crippen molar-refractivity contribution in [3.63, 3.8) is 0 Å². The van der Waals surface area contributed by atoms with Crippen molar-refractivity contribution in [2.24, 2.45) is 5.92 Å². The maximum atomic E-state index is 11.3. The summed E-state index contributed by atoms with van der Waals surface area (Å²) in [6.07, 6.45) is 8.25. The SMILES string of the molecule is OC1CCC(Br)C2CCC[N-]C12.[Cu+2].[O-]c1ccc(Br)c2c1NCC=C2. The number of nitrogens with one attached hydrogen (secondary N) is 1. The molecule has 4 rings (SSSR count). The van der Waals surface area contributed by atoms with Crippen molar-refractivity contribution in [2.45, 2.75) is 42.7 Å². The molecule has 1 radical (unpaired) electrons. The first-order valence-electron chi connectivity index (χ1n) is 8.46. The fourth-order valence-electron chi connectivity index (χ4n) is 3.65. The zero-order valence-electron chi connectivity index (χ0n) is 13.7. The molecule has 1 aromatic rings. The van der Waals surface area contributed by atoms with Crippen LogP contribution >= 0.6 is 31.9 Å². The summed E-state index contributed by atoms with van der Waals surface area (Å²) in [6, 6.07) is 3.57. The summed E-state index contributed by atoms with van der Waals surface area (Å²) in [7, 11) is 0. The molecule has 1 saturated carbocycles. The molecule has 2 fully saturated rings. The van der Waals surface area contributed by atoms with Crippen molar-refractivity contribution in [3.05, 3.63) is 33.6 Å². The second-order valence-electron chi connectivity index (χ2n) is 6.48. The van der Waals surface area contributed by atoms with Crippen LogP contribution in [0.5, 0.6) is 5.75 Å². The minimum atomic E-state index is -0.163. The number of halogens is 2. The number of fused-ring (bicyclic) bond motifs is 2. The van der Waals surface area contributed by atoms with Gasteiger partial charge in [-0.05, 0) is 24.8 Å². The minimum absolute atomic E-state index is 0. The molecule has 4 nitrogen and oxygen atoms in total. The second-order valence-corrected chi connectivity index (χ2v) is 8.51. The maximum Gasteiger partial charge on any atom is 2.00 e. The van der Waals surface area contributed by atoms with Crippen molar-refractivity contribution < 1.29 is 27.3 Å². The van der Waals surface area contributed by atoms with Gasteiger partial charge in [0.2, 0.25) is 0 Å². The number of alkyl halides is 1. The van der Waals surface area contributed by atoms with Gasteiger partial charge in [0.25, 0.3) is 0 Å². The normalized spacial score (nSPS) is 29.9. The van der Waals surface area contributed by atoms with Crippen molar-refractivity contribution in [1.82, 2.24) is 0 Å². The second kappa shape index (κ2) is 9.77. The monoisotopic (exact) mass is 519 g/mol. The average Bonchev–Trinajstić information content (AvgIpc) is 2.63. The fraction of sp³-hybridized carbons (Fsp3) is 0.556. The number of hydrogen-bond donors (Lipinski definition) is 2. The summed E-state index contributed by atoms with van der Waals surface area (Å²) < 4.78 is 0.959. The predicted octanol–water partition coefficient (Wildman–Crippen LogP) is 4.02. The molecule has 0 amide bonds. The van der Waals surface area contributed by atoms with E-state index < -0.39 is 0 Å². The van der Waals surface area contributed by atoms with Crippen LogP contribution < -0.4 is 10.4 Å². The third-order valence-electron chi connectivity index (χ3n) is 4.91. The summed E-state index contributed by atoms with van der Waals surface area (Å²) in [4.78, 5) is 0.593. The Morgan fingerprint density at radius 2 is 2.04 bits per heavy atom. The standard InChI is InChI=1S/C9H15BrNO.C9H8BrNO.Cu/c2*10-7-3-4-8(12)9-6(7)2-1-5-11-9;/h6-9,12H,1-5H2;1-4,11-12H,5H2;/q-1;;+2/p-1. The average molecular weight is 522 g/mol. The first-order chi connectivity index (χ1) is 11.6. The van der Waals surface area contributed by atoms with E-state index in [-0.39, 0.29) is 35.0 Å². The Bertz CT molecular complexity index is 597. The van der Waals surface area contributed by atoms with Crippen LogP contribution in [0, 0.1) is 5.92 Å². The number of anilines is 1. The van der Waals surface area contributed by atoms with Gasteiger partial charge in [-0.2, -0.15) is 0 Å². The van der Waals surface area contributed by atoms with Crippen molar-refractivity contribution >= 4 is 43.6 Å². The molecule has 4 unspecified atom stereocenters. The van der Waals surface area contributed by atoms with Crippen molar-refractivity contribution in [2.75, 3.05) is 18.4 Å². The smallest absolute Gasteiger partial charge is 0.871 e. The first-order valence-corrected chi connectivity index (χ1v) is 10.2. The zero-order chi connectivity index (χ0) is 17.1. The van der Waals surface area contributed by atoms with Gasteiger partial charge in [-0.1, -0.05) is 68.7 Å². The van der Waals surface area contributed by atoms with E-state index in [1.54, 1.807) is 12.1 Å². The molecule has 0 bridgehead atoms. The number of rotatable bonds is 0. The van der Waals surface area contributed by atoms with Gasteiger partial charge in [0, 0.05) is 33.2 Å². The number of benzene rings is 1. The third kappa shape index (κ3) is 5.02. The Morgan fingerprint density at radius 1 is 1.24 bits per heavy atom. The molecule has 1 saturated heterocycles. The molecule has 25 heavy (non-hydrogen) atoms. The van der Waals surface area contributed by atoms with Gasteiger partial charge in [-0.3, -0.25) is 0 Å². The van der Waals surface area contributed by atoms with E-state index in [0.717, 1.165) is 36.0 Å². The molecule has 4 atom stereocenters. The number of nitrogens with zero attached hydrogens (tertiary/aromatic N) is 1. The quantitative estimate of drug-likeness (QED) is 0.400. The molecular formula is C18H22Br2CuN2O2. The van der Waals surface area contributed by atoms with E-state index >= 15 is 0 Å². The van der Waals surface area contributed by atoms with Crippen LogP contribution in [0.15, 0.2) is 22.7 Å². The molecule has 0 spiro atoms. The van der Waals surface area contributed by atoms with Gasteiger partial charge in [-0.25, -0.2) is 0 Å². The Morgan fingerprint density at radius 3 is 2.76 bits per heavy atom. The van der Waals surface area contributed by atoms with Crippen LogP contribution in [-0.2, 0) is 17.1 Å². The van der Waals surface area contributed by atoms with E-state index in [2.05, 4.69) is 42.5 Å². The molecule has 3 aliphatic rings. The molecule has 0 aromatic heterocycles. The van der Waals surface area contributed by atoms with Crippen LogP contribution in [0.2, 0.25) is 0 Å². The summed E-state index contributed by atoms with van der Waals surface area (Å²) in [6.45, 7) is 1.69. The maximum absolute atomic E-state index is 11.3. The van der Waals surface area contributed by atoms with E-state index in [0.29, 0.717) is 16.4 Å². The topological polar surface area (TPSA) is 69.4 Å². The summed E-state index contributed by atoms with van der Waals surface area (Å²) in [5, 5.41) is 28.6. The predicted molar refractivity (Wildman–Crippen MR) is 104 cm³/mol. The van der Waals surface area contributed by atoms with E-state index in [9.17, 15) is 10.2 Å². The van der Waals surface area contributed by atoms with Crippen LogP contribution in [-0.4, -0.2) is 35.2 Å². The van der Waals surface area contributed by atoms with Gasteiger partial charge in [0.05, 0.1) is 0 Å². The molecule has 1 aliphatic carbocycles. The van der Waals surface area contributed by atoms with Gasteiger partial charge in [0.1, 0.15) is 0 Å². The van der Waals surface area contributed by atoms with Crippen LogP contribution in [0.4, 0.5) is 5.69 Å². The van der Waals surface area contributed by atoms with Crippen LogP contribution in [0.3, 0.4) is 0 Å². The number of piperidine rings is 1. The number of aliphatic hydroxyl groups is 1. The Balaban J connectivity index is 0.000000173. The molecule has 141 valence electrons. The molecule has 2 aliphatic heterocycles. The first kappa shape index (κ1) is 21.3. The van der Waals surface area contributed by atoms with Gasteiger partial charge >= 0.3 is 17.1 Å². The Labute approximate surface area is 176 Å². The Kier molecular flexibility index (Phi) is 8.31. The fourth-order valence-corrected chi connectivity index (χ4v) is 4.95. The van der Waals surface area contributed by atoms with Gasteiger partial charge < -0.3 is 20.8 Å². The largest absolute Gasteiger partial charge is 2.00 e. The number of aliphatic hydroxyl groups excluding tert-OH is 1. The van der Waals surface area contributed by atoms with E-state index in [1.165, 1.54) is 12.8 Å². The van der Waals surface area contributed by atoms with Gasteiger partial charge in [-0.15, -0.1) is 12.6 Å².